The lowest BCUT2D eigenvalue weighted by molar-refractivity contribution is -0.00595. The fourth-order valence-electron chi connectivity index (χ4n) is 4.53. The van der Waals surface area contributed by atoms with Crippen LogP contribution in [0.4, 0.5) is 0 Å². The second-order valence-corrected chi connectivity index (χ2v) is 7.61. The van der Waals surface area contributed by atoms with Gasteiger partial charge in [0, 0.05) is 13.2 Å². The van der Waals surface area contributed by atoms with E-state index in [-0.39, 0.29) is 6.10 Å². The summed E-state index contributed by atoms with van der Waals surface area (Å²) in [7, 11) is 0. The zero-order valence-electron chi connectivity index (χ0n) is 13.0. The van der Waals surface area contributed by atoms with Crippen molar-refractivity contribution in [3.8, 4) is 0 Å². The summed E-state index contributed by atoms with van der Waals surface area (Å²) in [6.07, 6.45) is 7.96. The Labute approximate surface area is 123 Å². The number of aliphatic hydroxyl groups is 1. The van der Waals surface area contributed by atoms with Gasteiger partial charge in [-0.05, 0) is 68.9 Å². The molecule has 0 aromatic rings. The topological polar surface area (TPSA) is 32.7 Å². The smallest absolute Gasteiger partial charge is 0.0900 e. The predicted octanol–water partition coefficient (Wildman–Crippen LogP) is 2.53. The summed E-state index contributed by atoms with van der Waals surface area (Å²) in [5, 5.41) is 10.1. The molecule has 2 saturated carbocycles. The Balaban J connectivity index is 1.28. The summed E-state index contributed by atoms with van der Waals surface area (Å²) in [4.78, 5) is 2.39. The number of piperidine rings is 1. The van der Waals surface area contributed by atoms with Crippen molar-refractivity contribution in [3.05, 3.63) is 0 Å². The van der Waals surface area contributed by atoms with E-state index in [0.29, 0.717) is 6.61 Å². The highest BCUT2D eigenvalue weighted by Gasteiger charge is 2.39. The number of hydrogen-bond donors (Lipinski definition) is 1. The summed E-state index contributed by atoms with van der Waals surface area (Å²) in [5.74, 6) is 3.57. The molecule has 0 unspecified atom stereocenters. The standard InChI is InChI=1S/C17H31NO2/c1-13-4-6-18(7-5-13)10-17(19)12-20-11-16-9-14-2-3-15(16)8-14/h13-17,19H,2-12H2,1H3/t14-,15-,16-,17+/m0/s1. The average Bonchev–Trinajstić information content (AvgIpc) is 3.04. The SMILES string of the molecule is CC1CCN(C[C@@H](O)COC[C@@H]2C[C@H]3CC[C@H]2C3)CC1. The first kappa shape index (κ1) is 14.8. The molecule has 4 atom stereocenters. The lowest BCUT2D eigenvalue weighted by atomic mass is 9.90. The van der Waals surface area contributed by atoms with Crippen molar-refractivity contribution in [1.82, 2.24) is 4.90 Å². The molecule has 0 radical (unpaired) electrons. The Morgan fingerprint density at radius 3 is 2.60 bits per heavy atom. The number of rotatable bonds is 6. The van der Waals surface area contributed by atoms with Crippen LogP contribution >= 0.6 is 0 Å². The Hall–Kier alpha value is -0.120. The zero-order chi connectivity index (χ0) is 13.9. The number of fused-ring (bicyclic) bond motifs is 2. The van der Waals surface area contributed by atoms with Gasteiger partial charge in [-0.2, -0.15) is 0 Å². The Kier molecular flexibility index (Phi) is 5.00. The number of nitrogens with zero attached hydrogens (tertiary/aromatic N) is 1. The minimum absolute atomic E-state index is 0.304. The molecule has 2 aliphatic carbocycles. The van der Waals surface area contributed by atoms with E-state index in [9.17, 15) is 5.11 Å². The maximum atomic E-state index is 10.1. The third-order valence-electron chi connectivity index (χ3n) is 5.87. The molecule has 3 aliphatic rings. The molecule has 3 nitrogen and oxygen atoms in total. The summed E-state index contributed by atoms with van der Waals surface area (Å²) in [5.41, 5.74) is 0. The van der Waals surface area contributed by atoms with Gasteiger partial charge >= 0.3 is 0 Å². The van der Waals surface area contributed by atoms with Crippen molar-refractivity contribution in [2.75, 3.05) is 32.8 Å². The zero-order valence-corrected chi connectivity index (χ0v) is 13.0. The van der Waals surface area contributed by atoms with E-state index in [1.807, 2.05) is 0 Å². The molecule has 20 heavy (non-hydrogen) atoms. The Bertz CT molecular complexity index is 301. The summed E-state index contributed by atoms with van der Waals surface area (Å²) >= 11 is 0. The quantitative estimate of drug-likeness (QED) is 0.812. The van der Waals surface area contributed by atoms with Gasteiger partial charge in [-0.3, -0.25) is 0 Å². The van der Waals surface area contributed by atoms with Crippen molar-refractivity contribution in [3.63, 3.8) is 0 Å². The second-order valence-electron chi connectivity index (χ2n) is 7.61. The highest BCUT2D eigenvalue weighted by atomic mass is 16.5. The summed E-state index contributed by atoms with van der Waals surface area (Å²) < 4.78 is 5.82. The van der Waals surface area contributed by atoms with Crippen LogP contribution in [0.1, 0.15) is 45.4 Å². The molecular weight excluding hydrogens is 250 g/mol. The summed E-state index contributed by atoms with van der Waals surface area (Å²) in [6, 6.07) is 0. The molecule has 1 N–H and O–H groups in total. The van der Waals surface area contributed by atoms with Gasteiger partial charge in [-0.15, -0.1) is 0 Å². The van der Waals surface area contributed by atoms with Crippen LogP contribution in [-0.4, -0.2) is 49.0 Å². The van der Waals surface area contributed by atoms with Crippen molar-refractivity contribution in [2.24, 2.45) is 23.7 Å². The fraction of sp³-hybridized carbons (Fsp3) is 1.00. The van der Waals surface area contributed by atoms with E-state index in [1.54, 1.807) is 0 Å². The maximum Gasteiger partial charge on any atom is 0.0900 e. The molecule has 1 heterocycles. The van der Waals surface area contributed by atoms with E-state index in [2.05, 4.69) is 11.8 Å². The lowest BCUT2D eigenvalue weighted by Crippen LogP contribution is -2.40. The van der Waals surface area contributed by atoms with Crippen LogP contribution in [0.15, 0.2) is 0 Å². The van der Waals surface area contributed by atoms with Crippen molar-refractivity contribution in [2.45, 2.75) is 51.6 Å². The van der Waals surface area contributed by atoms with Crippen molar-refractivity contribution >= 4 is 0 Å². The molecule has 0 aromatic heterocycles. The van der Waals surface area contributed by atoms with Crippen LogP contribution in [0.5, 0.6) is 0 Å². The third-order valence-corrected chi connectivity index (χ3v) is 5.87. The Morgan fingerprint density at radius 1 is 1.15 bits per heavy atom. The van der Waals surface area contributed by atoms with Gasteiger partial charge in [0.05, 0.1) is 12.7 Å². The minimum Gasteiger partial charge on any atom is -0.389 e. The molecular formula is C17H31NO2. The van der Waals surface area contributed by atoms with E-state index < -0.39 is 0 Å². The number of ether oxygens (including phenoxy) is 1. The average molecular weight is 281 g/mol. The van der Waals surface area contributed by atoms with Gasteiger partial charge in [-0.25, -0.2) is 0 Å². The van der Waals surface area contributed by atoms with Crippen LogP contribution in [0.3, 0.4) is 0 Å². The highest BCUT2D eigenvalue weighted by molar-refractivity contribution is 4.89. The van der Waals surface area contributed by atoms with Crippen LogP contribution in [0.25, 0.3) is 0 Å². The first-order chi connectivity index (χ1) is 9.70. The summed E-state index contributed by atoms with van der Waals surface area (Å²) in [6.45, 7) is 6.82. The number of β-amino-alcohol motifs (C(OH)–C–C–N with tert-alkyl or cyclic N) is 1. The van der Waals surface area contributed by atoms with Crippen LogP contribution < -0.4 is 0 Å². The molecule has 1 aliphatic heterocycles. The van der Waals surface area contributed by atoms with Gasteiger partial charge in [0.15, 0.2) is 0 Å². The van der Waals surface area contributed by atoms with Gasteiger partial charge < -0.3 is 14.7 Å². The predicted molar refractivity (Wildman–Crippen MR) is 80.6 cm³/mol. The molecule has 0 amide bonds. The van der Waals surface area contributed by atoms with E-state index >= 15 is 0 Å². The van der Waals surface area contributed by atoms with Gasteiger partial charge in [0.25, 0.3) is 0 Å². The monoisotopic (exact) mass is 281 g/mol. The van der Waals surface area contributed by atoms with E-state index in [4.69, 9.17) is 4.74 Å². The molecule has 3 fully saturated rings. The lowest BCUT2D eigenvalue weighted by Gasteiger charge is -2.31. The molecule has 0 aromatic carbocycles. The number of likely N-dealkylation sites (tertiary alicyclic amines) is 1. The van der Waals surface area contributed by atoms with E-state index in [0.717, 1.165) is 49.9 Å². The van der Waals surface area contributed by atoms with Crippen LogP contribution in [0, 0.1) is 23.7 Å². The first-order valence-corrected chi connectivity index (χ1v) is 8.69. The van der Waals surface area contributed by atoms with Gasteiger partial charge in [-0.1, -0.05) is 13.3 Å². The molecule has 1 saturated heterocycles. The highest BCUT2D eigenvalue weighted by Crippen LogP contribution is 2.48. The first-order valence-electron chi connectivity index (χ1n) is 8.69. The maximum absolute atomic E-state index is 10.1. The fourth-order valence-corrected chi connectivity index (χ4v) is 4.53. The number of hydrogen-bond acceptors (Lipinski definition) is 3. The third kappa shape index (κ3) is 3.75. The molecule has 3 heteroatoms. The second kappa shape index (κ2) is 6.76. The number of aliphatic hydroxyl groups excluding tert-OH is 1. The Morgan fingerprint density at radius 2 is 1.95 bits per heavy atom. The normalized spacial score (nSPS) is 36.6. The van der Waals surface area contributed by atoms with Crippen LogP contribution in [0.2, 0.25) is 0 Å². The molecule has 0 spiro atoms. The molecule has 2 bridgehead atoms. The van der Waals surface area contributed by atoms with E-state index in [1.165, 1.54) is 38.5 Å². The van der Waals surface area contributed by atoms with Crippen molar-refractivity contribution < 1.29 is 9.84 Å². The van der Waals surface area contributed by atoms with Gasteiger partial charge in [0.1, 0.15) is 0 Å². The van der Waals surface area contributed by atoms with Gasteiger partial charge in [0.2, 0.25) is 0 Å². The molecule has 116 valence electrons. The van der Waals surface area contributed by atoms with Crippen LogP contribution in [-0.2, 0) is 4.74 Å². The largest absolute Gasteiger partial charge is 0.389 e. The minimum atomic E-state index is -0.304. The van der Waals surface area contributed by atoms with Crippen molar-refractivity contribution in [1.29, 1.82) is 0 Å². The molecule has 3 rings (SSSR count).